The Hall–Kier alpha value is -3.23. The number of thiazole rings is 1. The summed E-state index contributed by atoms with van der Waals surface area (Å²) >= 11 is 8.01. The number of nitrogens with two attached hydrogens (primary N) is 1. The van der Waals surface area contributed by atoms with Gasteiger partial charge in [-0.25, -0.2) is 19.7 Å². The number of nitrogen functional groups attached to an aromatic ring is 1. The zero-order chi connectivity index (χ0) is 23.0. The molecular weight excluding hydrogens is 482 g/mol. The number of carbonyl (C=O) groups is 3. The second kappa shape index (κ2) is 8.72. The number of allylic oxidation sites excluding steroid dienone is 1. The van der Waals surface area contributed by atoms with Gasteiger partial charge in [0, 0.05) is 11.1 Å². The third-order valence-electron chi connectivity index (χ3n) is 4.81. The number of rotatable bonds is 6. The molecule has 2 aliphatic rings. The van der Waals surface area contributed by atoms with E-state index in [0.717, 1.165) is 28.0 Å². The standard InChI is InChI=1S/C17H14ClN7O5S2/c18-13-10(23-17(19)32-13)11(24-30)14(26)22-9-6-1-2-7(31-8-3-4-20-5-21-8)12(16(28)29)25(6)15(9)27/h3-6,9,30H,1-2H2,(H2,19,23)(H,22,26)(H,28,29)/b24-11-/t6-,9+/m1/s1. The summed E-state index contributed by atoms with van der Waals surface area (Å²) in [5, 5.41) is 25.0. The average molecular weight is 496 g/mol. The number of thioether (sulfide) groups is 1. The summed E-state index contributed by atoms with van der Waals surface area (Å²) in [6.07, 6.45) is 3.66. The van der Waals surface area contributed by atoms with Gasteiger partial charge in [0.1, 0.15) is 33.1 Å². The van der Waals surface area contributed by atoms with Crippen molar-refractivity contribution in [2.75, 3.05) is 5.73 Å². The van der Waals surface area contributed by atoms with Crippen LogP contribution in [-0.4, -0.2) is 65.7 Å². The molecule has 0 unspecified atom stereocenters. The number of aromatic nitrogens is 3. The number of halogens is 1. The van der Waals surface area contributed by atoms with Crippen molar-refractivity contribution in [1.29, 1.82) is 0 Å². The Morgan fingerprint density at radius 2 is 2.22 bits per heavy atom. The van der Waals surface area contributed by atoms with E-state index in [-0.39, 0.29) is 20.9 Å². The Balaban J connectivity index is 1.53. The molecule has 2 aliphatic heterocycles. The molecule has 0 bridgehead atoms. The topological polar surface area (TPSA) is 184 Å². The van der Waals surface area contributed by atoms with Crippen molar-refractivity contribution in [3.8, 4) is 0 Å². The summed E-state index contributed by atoms with van der Waals surface area (Å²) in [7, 11) is 0. The maximum absolute atomic E-state index is 12.8. The number of nitrogens with zero attached hydrogens (tertiary/aromatic N) is 5. The molecule has 0 radical (unpaired) electrons. The van der Waals surface area contributed by atoms with E-state index in [1.165, 1.54) is 12.5 Å². The number of carboxylic acid groups (broad SMARTS) is 1. The summed E-state index contributed by atoms with van der Waals surface area (Å²) in [6.45, 7) is 0. The van der Waals surface area contributed by atoms with Gasteiger partial charge in [-0.2, -0.15) is 0 Å². The largest absolute Gasteiger partial charge is 0.477 e. The quantitative estimate of drug-likeness (QED) is 0.148. The number of fused-ring (bicyclic) bond motifs is 1. The Kier molecular flexibility index (Phi) is 5.99. The lowest BCUT2D eigenvalue weighted by atomic mass is 9.86. The molecule has 0 saturated carbocycles. The number of hydrogen-bond donors (Lipinski definition) is 4. The predicted octanol–water partition coefficient (Wildman–Crippen LogP) is 0.925. The average Bonchev–Trinajstić information content (AvgIpc) is 3.10. The Morgan fingerprint density at radius 3 is 2.81 bits per heavy atom. The molecule has 32 heavy (non-hydrogen) atoms. The first-order chi connectivity index (χ1) is 15.3. The van der Waals surface area contributed by atoms with Gasteiger partial charge in [-0.15, -0.1) is 0 Å². The normalized spacial score (nSPS) is 20.6. The number of carbonyl (C=O) groups excluding carboxylic acids is 2. The van der Waals surface area contributed by atoms with Crippen LogP contribution in [0.2, 0.25) is 4.34 Å². The third kappa shape index (κ3) is 3.87. The van der Waals surface area contributed by atoms with Gasteiger partial charge in [-0.3, -0.25) is 14.5 Å². The molecule has 4 heterocycles. The highest BCUT2D eigenvalue weighted by Crippen LogP contribution is 2.42. The third-order valence-corrected chi connectivity index (χ3v) is 6.98. The van der Waals surface area contributed by atoms with E-state index in [4.69, 9.17) is 17.3 Å². The Bertz CT molecular complexity index is 1170. The van der Waals surface area contributed by atoms with E-state index < -0.39 is 35.6 Å². The molecule has 4 rings (SSSR count). The van der Waals surface area contributed by atoms with Gasteiger partial charge in [0.25, 0.3) is 11.8 Å². The number of oxime groups is 1. The van der Waals surface area contributed by atoms with Gasteiger partial charge in [-0.1, -0.05) is 39.9 Å². The molecule has 166 valence electrons. The summed E-state index contributed by atoms with van der Waals surface area (Å²) in [5.74, 6) is -2.74. The molecule has 0 spiro atoms. The lowest BCUT2D eigenvalue weighted by Crippen LogP contribution is -2.72. The zero-order valence-corrected chi connectivity index (χ0v) is 18.3. The molecule has 0 aliphatic carbocycles. The minimum absolute atomic E-state index is 0.0483. The molecule has 2 aromatic rings. The number of β-lactam (4-membered cyclic amide) rings is 1. The van der Waals surface area contributed by atoms with Crippen molar-refractivity contribution in [3.63, 3.8) is 0 Å². The maximum atomic E-state index is 12.8. The minimum atomic E-state index is -1.26. The fourth-order valence-corrected chi connectivity index (χ4v) is 5.38. The van der Waals surface area contributed by atoms with Gasteiger partial charge < -0.3 is 21.4 Å². The number of amides is 2. The van der Waals surface area contributed by atoms with Crippen molar-refractivity contribution < 1.29 is 24.7 Å². The van der Waals surface area contributed by atoms with Crippen molar-refractivity contribution in [1.82, 2.24) is 25.2 Å². The molecule has 5 N–H and O–H groups in total. The van der Waals surface area contributed by atoms with Gasteiger partial charge >= 0.3 is 5.97 Å². The molecule has 1 saturated heterocycles. The van der Waals surface area contributed by atoms with Crippen molar-refractivity contribution >= 4 is 63.3 Å². The molecule has 0 aromatic carbocycles. The molecule has 15 heteroatoms. The maximum Gasteiger partial charge on any atom is 0.353 e. The van der Waals surface area contributed by atoms with Crippen molar-refractivity contribution in [3.05, 3.63) is 39.2 Å². The molecular formula is C17H14ClN7O5S2. The van der Waals surface area contributed by atoms with Crippen LogP contribution in [0.15, 0.2) is 39.4 Å². The van der Waals surface area contributed by atoms with E-state index in [0.29, 0.717) is 22.8 Å². The lowest BCUT2D eigenvalue weighted by Gasteiger charge is -2.50. The van der Waals surface area contributed by atoms with E-state index in [9.17, 15) is 24.7 Å². The molecule has 1 fully saturated rings. The highest BCUT2D eigenvalue weighted by molar-refractivity contribution is 8.03. The van der Waals surface area contributed by atoms with Crippen molar-refractivity contribution in [2.24, 2.45) is 5.16 Å². The predicted molar refractivity (Wildman–Crippen MR) is 114 cm³/mol. The van der Waals surface area contributed by atoms with Gasteiger partial charge in [0.05, 0.1) is 6.04 Å². The highest BCUT2D eigenvalue weighted by atomic mass is 35.5. The van der Waals surface area contributed by atoms with Crippen LogP contribution in [0.25, 0.3) is 0 Å². The number of carboxylic acids is 1. The van der Waals surface area contributed by atoms with Crippen LogP contribution in [0.5, 0.6) is 0 Å². The Morgan fingerprint density at radius 1 is 1.44 bits per heavy atom. The smallest absolute Gasteiger partial charge is 0.353 e. The number of aliphatic carboxylic acids is 1. The first kappa shape index (κ1) is 22.0. The SMILES string of the molecule is Nc1nc(/C(=N/O)C(=O)N[C@@H]2C(=O)N3C(C(=O)O)=C(Sc4ccncn4)CC[C@H]23)c(Cl)s1. The minimum Gasteiger partial charge on any atom is -0.477 e. The summed E-state index contributed by atoms with van der Waals surface area (Å²) in [5.41, 5.74) is 4.79. The second-order valence-electron chi connectivity index (χ2n) is 6.62. The lowest BCUT2D eigenvalue weighted by molar-refractivity contribution is -0.155. The first-order valence-electron chi connectivity index (χ1n) is 9.00. The molecule has 2 amide bonds. The summed E-state index contributed by atoms with van der Waals surface area (Å²) in [6, 6.07) is 0.0770. The van der Waals surface area contributed by atoms with Crippen LogP contribution in [0.4, 0.5) is 5.13 Å². The number of hydrogen-bond acceptors (Lipinski definition) is 11. The van der Waals surface area contributed by atoms with E-state index in [2.05, 4.69) is 25.4 Å². The fourth-order valence-electron chi connectivity index (χ4n) is 3.47. The van der Waals surface area contributed by atoms with E-state index in [1.807, 2.05) is 0 Å². The summed E-state index contributed by atoms with van der Waals surface area (Å²) in [4.78, 5) is 50.7. The number of nitrogens with one attached hydrogen (secondary N) is 1. The molecule has 12 nitrogen and oxygen atoms in total. The van der Waals surface area contributed by atoms with Crippen LogP contribution in [-0.2, 0) is 14.4 Å². The molecule has 2 atom stereocenters. The second-order valence-corrected chi connectivity index (χ2v) is 9.36. The monoisotopic (exact) mass is 495 g/mol. The van der Waals surface area contributed by atoms with E-state index >= 15 is 0 Å². The van der Waals surface area contributed by atoms with E-state index in [1.54, 1.807) is 6.07 Å². The fraction of sp³-hybridized carbons (Fsp3) is 0.235. The van der Waals surface area contributed by atoms with Crippen LogP contribution >= 0.6 is 34.7 Å². The van der Waals surface area contributed by atoms with Crippen molar-refractivity contribution in [2.45, 2.75) is 30.0 Å². The van der Waals surface area contributed by atoms with Crippen LogP contribution < -0.4 is 11.1 Å². The molecule has 2 aromatic heterocycles. The van der Waals surface area contributed by atoms with Crippen LogP contribution in [0.1, 0.15) is 18.5 Å². The highest BCUT2D eigenvalue weighted by Gasteiger charge is 2.54. The van der Waals surface area contributed by atoms with Gasteiger partial charge in [0.15, 0.2) is 10.8 Å². The summed E-state index contributed by atoms with van der Waals surface area (Å²) < 4.78 is 0.0483. The first-order valence-corrected chi connectivity index (χ1v) is 11.0. The van der Waals surface area contributed by atoms with Crippen LogP contribution in [0.3, 0.4) is 0 Å². The van der Waals surface area contributed by atoms with Gasteiger partial charge in [0.2, 0.25) is 0 Å². The van der Waals surface area contributed by atoms with Crippen LogP contribution in [0, 0.1) is 0 Å². The van der Waals surface area contributed by atoms with Gasteiger partial charge in [-0.05, 0) is 18.9 Å². The zero-order valence-electron chi connectivity index (χ0n) is 15.9. The number of anilines is 1. The Labute approximate surface area is 193 Å².